The van der Waals surface area contributed by atoms with Crippen LogP contribution in [0.2, 0.25) is 0 Å². The molecule has 3 rings (SSSR count). The molecule has 6 nitrogen and oxygen atoms in total. The average Bonchev–Trinajstić information content (AvgIpc) is 3.09. The van der Waals surface area contributed by atoms with Crippen LogP contribution in [0, 0.1) is 11.7 Å². The molecule has 1 fully saturated rings. The van der Waals surface area contributed by atoms with Crippen molar-refractivity contribution in [2.75, 3.05) is 25.7 Å². The third-order valence-electron chi connectivity index (χ3n) is 4.90. The van der Waals surface area contributed by atoms with E-state index in [9.17, 15) is 14.0 Å². The Labute approximate surface area is 163 Å². The van der Waals surface area contributed by atoms with Crippen molar-refractivity contribution < 1.29 is 23.5 Å². The summed E-state index contributed by atoms with van der Waals surface area (Å²) in [6.07, 6.45) is 0.0796. The summed E-state index contributed by atoms with van der Waals surface area (Å²) in [4.78, 5) is 26.8. The maximum Gasteiger partial charge on any atom is 0.227 e. The van der Waals surface area contributed by atoms with Crippen LogP contribution in [-0.2, 0) is 9.59 Å². The zero-order valence-electron chi connectivity index (χ0n) is 16.1. The van der Waals surface area contributed by atoms with Crippen molar-refractivity contribution in [2.45, 2.75) is 19.4 Å². The van der Waals surface area contributed by atoms with E-state index in [-0.39, 0.29) is 30.6 Å². The molecule has 0 aromatic heterocycles. The Morgan fingerprint density at radius 3 is 2.64 bits per heavy atom. The Hall–Kier alpha value is -3.09. The number of hydrogen-bond acceptors (Lipinski definition) is 4. The quantitative estimate of drug-likeness (QED) is 0.829. The van der Waals surface area contributed by atoms with Crippen molar-refractivity contribution >= 4 is 17.5 Å². The average molecular weight is 386 g/mol. The first-order valence-corrected chi connectivity index (χ1v) is 9.01. The van der Waals surface area contributed by atoms with E-state index in [0.29, 0.717) is 22.7 Å². The van der Waals surface area contributed by atoms with Crippen LogP contribution in [0.15, 0.2) is 42.5 Å². The van der Waals surface area contributed by atoms with Crippen LogP contribution in [0.3, 0.4) is 0 Å². The van der Waals surface area contributed by atoms with Crippen molar-refractivity contribution in [3.63, 3.8) is 0 Å². The molecule has 1 aliphatic heterocycles. The highest BCUT2D eigenvalue weighted by molar-refractivity contribution is 6.01. The number of ether oxygens (including phenoxy) is 2. The van der Waals surface area contributed by atoms with Gasteiger partial charge in [-0.05, 0) is 25.1 Å². The van der Waals surface area contributed by atoms with Crippen molar-refractivity contribution in [1.82, 2.24) is 5.32 Å². The number of nitrogens with one attached hydrogen (secondary N) is 1. The third-order valence-corrected chi connectivity index (χ3v) is 4.90. The summed E-state index contributed by atoms with van der Waals surface area (Å²) in [5, 5.41) is 2.81. The van der Waals surface area contributed by atoms with Gasteiger partial charge in [-0.3, -0.25) is 9.59 Å². The van der Waals surface area contributed by atoms with E-state index in [1.807, 2.05) is 0 Å². The molecule has 7 heteroatoms. The highest BCUT2D eigenvalue weighted by atomic mass is 19.1. The van der Waals surface area contributed by atoms with Gasteiger partial charge in [-0.25, -0.2) is 4.39 Å². The lowest BCUT2D eigenvalue weighted by Crippen LogP contribution is -2.35. The molecule has 0 spiro atoms. The number of benzene rings is 2. The van der Waals surface area contributed by atoms with Gasteiger partial charge < -0.3 is 19.7 Å². The molecule has 0 saturated carbocycles. The zero-order valence-corrected chi connectivity index (χ0v) is 16.1. The first-order chi connectivity index (χ1) is 13.4. The molecular formula is C21H23FN2O4. The number of amides is 2. The Balaban J connectivity index is 1.74. The van der Waals surface area contributed by atoms with Gasteiger partial charge in [0.1, 0.15) is 17.3 Å². The second-order valence-corrected chi connectivity index (χ2v) is 6.69. The van der Waals surface area contributed by atoms with Gasteiger partial charge in [0.2, 0.25) is 11.8 Å². The Bertz CT molecular complexity index is 886. The largest absolute Gasteiger partial charge is 0.497 e. The number of halogens is 1. The smallest absolute Gasteiger partial charge is 0.227 e. The maximum absolute atomic E-state index is 13.9. The predicted octanol–water partition coefficient (Wildman–Crippen LogP) is 3.07. The monoisotopic (exact) mass is 386 g/mol. The van der Waals surface area contributed by atoms with Gasteiger partial charge >= 0.3 is 0 Å². The number of carbonyl (C=O) groups excluding carboxylic acids is 2. The molecule has 0 bridgehead atoms. The number of anilines is 1. The van der Waals surface area contributed by atoms with Gasteiger partial charge in [-0.1, -0.05) is 18.2 Å². The summed E-state index contributed by atoms with van der Waals surface area (Å²) in [6, 6.07) is 11.0. The van der Waals surface area contributed by atoms with Gasteiger partial charge in [0.05, 0.1) is 31.9 Å². The Morgan fingerprint density at radius 2 is 1.96 bits per heavy atom. The lowest BCUT2D eigenvalue weighted by atomic mass is 10.0. The summed E-state index contributed by atoms with van der Waals surface area (Å²) in [7, 11) is 3.06. The molecule has 1 aliphatic rings. The number of carbonyl (C=O) groups is 2. The van der Waals surface area contributed by atoms with Crippen molar-refractivity contribution in [1.29, 1.82) is 0 Å². The topological polar surface area (TPSA) is 67.9 Å². The van der Waals surface area contributed by atoms with Crippen LogP contribution in [0.5, 0.6) is 11.5 Å². The second kappa shape index (κ2) is 8.29. The number of rotatable bonds is 6. The first kappa shape index (κ1) is 19.7. The van der Waals surface area contributed by atoms with Gasteiger partial charge in [0.15, 0.2) is 0 Å². The molecule has 0 radical (unpaired) electrons. The fraction of sp³-hybridized carbons (Fsp3) is 0.333. The van der Waals surface area contributed by atoms with Crippen LogP contribution in [-0.4, -0.2) is 32.6 Å². The number of methoxy groups -OCH3 is 2. The van der Waals surface area contributed by atoms with Crippen LogP contribution in [0.4, 0.5) is 10.1 Å². The molecule has 1 saturated heterocycles. The lowest BCUT2D eigenvalue weighted by molar-refractivity contribution is -0.126. The molecule has 148 valence electrons. The van der Waals surface area contributed by atoms with E-state index in [4.69, 9.17) is 9.47 Å². The zero-order chi connectivity index (χ0) is 20.3. The van der Waals surface area contributed by atoms with Crippen LogP contribution >= 0.6 is 0 Å². The molecule has 2 atom stereocenters. The predicted molar refractivity (Wildman–Crippen MR) is 103 cm³/mol. The lowest BCUT2D eigenvalue weighted by Gasteiger charge is -2.21. The summed E-state index contributed by atoms with van der Waals surface area (Å²) < 4.78 is 24.5. The summed E-state index contributed by atoms with van der Waals surface area (Å²) in [5.41, 5.74) is 0.968. The maximum atomic E-state index is 13.9. The van der Waals surface area contributed by atoms with E-state index in [1.165, 1.54) is 25.2 Å². The fourth-order valence-corrected chi connectivity index (χ4v) is 3.36. The molecule has 1 heterocycles. The molecular weight excluding hydrogens is 363 g/mol. The SMILES string of the molecule is COc1ccc(OC)c(N2C[C@H](C(=O)N[C@@H](C)c3ccccc3F)CC2=O)c1. The number of hydrogen-bond donors (Lipinski definition) is 1. The van der Waals surface area contributed by atoms with E-state index in [2.05, 4.69) is 5.32 Å². The van der Waals surface area contributed by atoms with Crippen molar-refractivity contribution in [2.24, 2.45) is 5.92 Å². The van der Waals surface area contributed by atoms with Gasteiger partial charge in [-0.2, -0.15) is 0 Å². The Morgan fingerprint density at radius 1 is 1.21 bits per heavy atom. The van der Waals surface area contributed by atoms with Crippen molar-refractivity contribution in [3.05, 3.63) is 53.8 Å². The second-order valence-electron chi connectivity index (χ2n) is 6.69. The summed E-state index contributed by atoms with van der Waals surface area (Å²) in [5.74, 6) is -0.253. The third kappa shape index (κ3) is 3.93. The van der Waals surface area contributed by atoms with E-state index in [0.717, 1.165) is 0 Å². The van der Waals surface area contributed by atoms with Gasteiger partial charge in [0.25, 0.3) is 0 Å². The molecule has 2 amide bonds. The van der Waals surface area contributed by atoms with Crippen LogP contribution in [0.1, 0.15) is 24.9 Å². The van der Waals surface area contributed by atoms with Crippen LogP contribution in [0.25, 0.3) is 0 Å². The molecule has 28 heavy (non-hydrogen) atoms. The molecule has 1 N–H and O–H groups in total. The highest BCUT2D eigenvalue weighted by Gasteiger charge is 2.37. The minimum atomic E-state index is -0.530. The fourth-order valence-electron chi connectivity index (χ4n) is 3.36. The first-order valence-electron chi connectivity index (χ1n) is 9.01. The van der Waals surface area contributed by atoms with E-state index in [1.54, 1.807) is 43.3 Å². The summed E-state index contributed by atoms with van der Waals surface area (Å²) in [6.45, 7) is 1.94. The van der Waals surface area contributed by atoms with Crippen molar-refractivity contribution in [3.8, 4) is 11.5 Å². The minimum absolute atomic E-state index is 0.0796. The van der Waals surface area contributed by atoms with Gasteiger partial charge in [0, 0.05) is 24.6 Å². The normalized spacial score (nSPS) is 17.4. The Kier molecular flexibility index (Phi) is 5.82. The summed E-state index contributed by atoms with van der Waals surface area (Å²) >= 11 is 0. The minimum Gasteiger partial charge on any atom is -0.497 e. The van der Waals surface area contributed by atoms with E-state index >= 15 is 0 Å². The van der Waals surface area contributed by atoms with Crippen LogP contribution < -0.4 is 19.7 Å². The molecule has 0 aliphatic carbocycles. The number of nitrogens with zero attached hydrogens (tertiary/aromatic N) is 1. The molecule has 2 aromatic carbocycles. The van der Waals surface area contributed by atoms with Gasteiger partial charge in [-0.15, -0.1) is 0 Å². The standard InChI is InChI=1S/C21H23FN2O4/c1-13(16-6-4-5-7-17(16)22)23-21(26)14-10-20(25)24(12-14)18-11-15(27-2)8-9-19(18)28-3/h4-9,11,13-14H,10,12H2,1-3H3,(H,23,26)/t13-,14+/m0/s1. The molecule has 0 unspecified atom stereocenters. The van der Waals surface area contributed by atoms with E-state index < -0.39 is 12.0 Å². The highest BCUT2D eigenvalue weighted by Crippen LogP contribution is 2.36. The molecule has 2 aromatic rings.